The van der Waals surface area contributed by atoms with Crippen molar-refractivity contribution < 1.29 is 9.13 Å². The molecular weight excluding hydrogens is 658 g/mol. The number of hydrogen-bond donors (Lipinski definition) is 0. The summed E-state index contributed by atoms with van der Waals surface area (Å²) in [5.74, 6) is 1.74. The van der Waals surface area contributed by atoms with Crippen LogP contribution in [0.4, 0.5) is 0 Å². The van der Waals surface area contributed by atoms with E-state index in [1.54, 1.807) is 0 Å². The zero-order valence-electron chi connectivity index (χ0n) is 33.8. The Kier molecular flexibility index (Phi) is 14.1. The molecule has 0 fully saturated rings. The Labute approximate surface area is 312 Å². The van der Waals surface area contributed by atoms with Crippen LogP contribution in [0.5, 0.6) is 0 Å². The zero-order chi connectivity index (χ0) is 37.7. The molecule has 2 unspecified atom stereocenters. The van der Waals surface area contributed by atoms with Gasteiger partial charge in [-0.15, -0.1) is 0 Å². The Morgan fingerprint density at radius 2 is 0.686 bits per heavy atom. The molecular formula is C47H66O2P2. The first kappa shape index (κ1) is 41.1. The predicted octanol–water partition coefficient (Wildman–Crippen LogP) is 13.9. The van der Waals surface area contributed by atoms with Gasteiger partial charge >= 0.3 is 0 Å². The third-order valence-electron chi connectivity index (χ3n) is 10.6. The smallest absolute Gasteiger partial charge is 0.120 e. The molecule has 2 atom stereocenters. The summed E-state index contributed by atoms with van der Waals surface area (Å²) >= 11 is 0. The highest BCUT2D eigenvalue weighted by Gasteiger charge is 2.36. The Balaban J connectivity index is 1.91. The molecule has 0 bridgehead atoms. The van der Waals surface area contributed by atoms with Gasteiger partial charge in [0.15, 0.2) is 0 Å². The van der Waals surface area contributed by atoms with Crippen LogP contribution in [0.1, 0.15) is 170 Å². The molecule has 0 heterocycles. The van der Waals surface area contributed by atoms with E-state index < -0.39 is 14.3 Å². The van der Waals surface area contributed by atoms with Gasteiger partial charge in [-0.1, -0.05) is 168 Å². The topological polar surface area (TPSA) is 34.1 Å². The van der Waals surface area contributed by atoms with Crippen LogP contribution < -0.4 is 10.6 Å². The van der Waals surface area contributed by atoms with Crippen LogP contribution in [0.25, 0.3) is 0 Å². The second-order valence-electron chi connectivity index (χ2n) is 16.9. The molecule has 0 spiro atoms. The predicted molar refractivity (Wildman–Crippen MR) is 227 cm³/mol. The fraction of sp³-hybridized carbons (Fsp3) is 0.489. The molecule has 0 saturated carbocycles. The largest absolute Gasteiger partial charge is 0.318 e. The van der Waals surface area contributed by atoms with Gasteiger partial charge in [0.2, 0.25) is 0 Å². The van der Waals surface area contributed by atoms with Gasteiger partial charge in [-0.25, -0.2) is 0 Å². The number of benzene rings is 4. The van der Waals surface area contributed by atoms with Crippen LogP contribution in [0.3, 0.4) is 0 Å². The van der Waals surface area contributed by atoms with Gasteiger partial charge in [0.25, 0.3) is 0 Å². The maximum Gasteiger partial charge on any atom is 0.120 e. The standard InChI is InChI=1S/C47H66O2P2/c1-32(2)40-26-42(34(5)6)46(43(27-40)35(7)8)50(48,30-38-20-15-13-16-21-38)24-19-25-51(49,31-39-22-17-14-18-23-39)47-44(36(9)10)28-41(33(3)4)29-45(47)37(11)12/h13-18,20-23,26-29,32-37H,19,24-25,30-31H2,1-12H3. The van der Waals surface area contributed by atoms with Crippen LogP contribution in [0.2, 0.25) is 0 Å². The van der Waals surface area contributed by atoms with Crippen molar-refractivity contribution in [3.05, 3.63) is 129 Å². The average molecular weight is 725 g/mol. The molecule has 0 aromatic heterocycles. The summed E-state index contributed by atoms with van der Waals surface area (Å²) in [6, 6.07) is 30.2. The van der Waals surface area contributed by atoms with Gasteiger partial charge in [-0.05, 0) is 86.4 Å². The maximum absolute atomic E-state index is 16.1. The fourth-order valence-corrected chi connectivity index (χ4v) is 15.1. The van der Waals surface area contributed by atoms with Crippen molar-refractivity contribution in [3.8, 4) is 0 Å². The van der Waals surface area contributed by atoms with Crippen molar-refractivity contribution in [2.45, 2.75) is 137 Å². The molecule has 0 aliphatic rings. The van der Waals surface area contributed by atoms with Crippen molar-refractivity contribution in [2.75, 3.05) is 12.3 Å². The van der Waals surface area contributed by atoms with E-state index in [0.29, 0.717) is 42.9 Å². The molecule has 276 valence electrons. The average Bonchev–Trinajstić information content (AvgIpc) is 3.07. The molecule has 4 aromatic carbocycles. The van der Waals surface area contributed by atoms with E-state index in [1.807, 2.05) is 12.1 Å². The van der Waals surface area contributed by atoms with Crippen LogP contribution in [-0.4, -0.2) is 12.3 Å². The van der Waals surface area contributed by atoms with Gasteiger partial charge < -0.3 is 9.13 Å². The van der Waals surface area contributed by atoms with Gasteiger partial charge in [-0.3, -0.25) is 0 Å². The zero-order valence-corrected chi connectivity index (χ0v) is 35.6. The van der Waals surface area contributed by atoms with Gasteiger partial charge in [0, 0.05) is 35.3 Å². The van der Waals surface area contributed by atoms with Crippen molar-refractivity contribution >= 4 is 24.9 Å². The third kappa shape index (κ3) is 9.86. The highest BCUT2D eigenvalue weighted by molar-refractivity contribution is 7.72. The summed E-state index contributed by atoms with van der Waals surface area (Å²) < 4.78 is 32.2. The minimum Gasteiger partial charge on any atom is -0.318 e. The molecule has 2 nitrogen and oxygen atoms in total. The quantitative estimate of drug-likeness (QED) is 0.108. The van der Waals surface area contributed by atoms with Crippen LogP contribution in [-0.2, 0) is 21.5 Å². The molecule has 4 heteroatoms. The molecule has 0 N–H and O–H groups in total. The van der Waals surface area contributed by atoms with Gasteiger partial charge in [0.1, 0.15) is 14.3 Å². The molecule has 0 radical (unpaired) electrons. The lowest BCUT2D eigenvalue weighted by molar-refractivity contribution is 0.575. The summed E-state index contributed by atoms with van der Waals surface area (Å²) in [6.07, 6.45) is 2.78. The highest BCUT2D eigenvalue weighted by atomic mass is 31.2. The van der Waals surface area contributed by atoms with E-state index in [0.717, 1.165) is 21.7 Å². The van der Waals surface area contributed by atoms with E-state index in [2.05, 4.69) is 156 Å². The first-order chi connectivity index (χ1) is 24.0. The summed E-state index contributed by atoms with van der Waals surface area (Å²) in [4.78, 5) is 0. The Hall–Kier alpha value is -2.66. The van der Waals surface area contributed by atoms with Crippen molar-refractivity contribution in [2.24, 2.45) is 0 Å². The first-order valence-electron chi connectivity index (χ1n) is 19.6. The summed E-state index contributed by atoms with van der Waals surface area (Å²) in [7, 11) is -5.98. The van der Waals surface area contributed by atoms with E-state index in [9.17, 15) is 0 Å². The van der Waals surface area contributed by atoms with Gasteiger partial charge in [-0.2, -0.15) is 0 Å². The summed E-state index contributed by atoms with van der Waals surface area (Å²) in [5.41, 5.74) is 9.76. The molecule has 4 aromatic rings. The van der Waals surface area contributed by atoms with Crippen LogP contribution >= 0.6 is 14.3 Å². The maximum atomic E-state index is 16.1. The van der Waals surface area contributed by atoms with Crippen LogP contribution in [0, 0.1) is 0 Å². The van der Waals surface area contributed by atoms with Crippen molar-refractivity contribution in [1.82, 2.24) is 0 Å². The first-order valence-corrected chi connectivity index (χ1v) is 23.7. The van der Waals surface area contributed by atoms with E-state index in [-0.39, 0.29) is 23.7 Å². The SMILES string of the molecule is CC(C)c1cc(C(C)C)c(P(=O)(CCCP(=O)(Cc2ccccc2)c2c(C(C)C)cc(C(C)C)cc2C(C)C)Cc2ccccc2)c(C(C)C)c1. The minimum atomic E-state index is -2.99. The molecule has 51 heavy (non-hydrogen) atoms. The van der Waals surface area contributed by atoms with E-state index in [1.165, 1.54) is 33.4 Å². The van der Waals surface area contributed by atoms with E-state index in [4.69, 9.17) is 0 Å². The lowest BCUT2D eigenvalue weighted by Gasteiger charge is -2.31. The highest BCUT2D eigenvalue weighted by Crippen LogP contribution is 2.56. The molecule has 4 rings (SSSR count). The Bertz CT molecular complexity index is 1640. The summed E-state index contributed by atoms with van der Waals surface area (Å²) in [6.45, 7) is 27.0. The molecule has 0 aliphatic heterocycles. The lowest BCUT2D eigenvalue weighted by Crippen LogP contribution is -2.25. The van der Waals surface area contributed by atoms with E-state index >= 15 is 9.13 Å². The molecule has 0 amide bonds. The normalized spacial score (nSPS) is 14.6. The Morgan fingerprint density at radius 1 is 0.412 bits per heavy atom. The van der Waals surface area contributed by atoms with Crippen LogP contribution in [0.15, 0.2) is 84.9 Å². The van der Waals surface area contributed by atoms with Crippen molar-refractivity contribution in [1.29, 1.82) is 0 Å². The molecule has 0 aliphatic carbocycles. The fourth-order valence-electron chi connectivity index (χ4n) is 7.65. The second-order valence-corrected chi connectivity index (χ2v) is 22.9. The summed E-state index contributed by atoms with van der Waals surface area (Å²) in [5, 5.41) is 2.18. The molecule has 0 saturated heterocycles. The second kappa shape index (κ2) is 17.4. The van der Waals surface area contributed by atoms with Crippen molar-refractivity contribution in [3.63, 3.8) is 0 Å². The monoisotopic (exact) mass is 724 g/mol. The number of rotatable bonds is 16. The van der Waals surface area contributed by atoms with Gasteiger partial charge in [0.05, 0.1) is 0 Å². The Morgan fingerprint density at radius 3 is 0.922 bits per heavy atom. The lowest BCUT2D eigenvalue weighted by atomic mass is 9.89. The third-order valence-corrected chi connectivity index (χ3v) is 17.1. The minimum absolute atomic E-state index is 0.242. The number of hydrogen-bond acceptors (Lipinski definition) is 2.